The molecular weight excluding hydrogens is 362 g/mol. The fourth-order valence-corrected chi connectivity index (χ4v) is 3.92. The summed E-state index contributed by atoms with van der Waals surface area (Å²) >= 11 is 0. The lowest BCUT2D eigenvalue weighted by Gasteiger charge is -2.38. The molecule has 0 aliphatic carbocycles. The van der Waals surface area contributed by atoms with Gasteiger partial charge in [-0.25, -0.2) is 4.79 Å². The van der Waals surface area contributed by atoms with Crippen molar-refractivity contribution in [1.82, 2.24) is 15.5 Å². The van der Waals surface area contributed by atoms with Gasteiger partial charge in [-0.3, -0.25) is 4.79 Å². The van der Waals surface area contributed by atoms with E-state index in [1.165, 1.54) is 5.56 Å². The molecular formula is C24H31N3O2. The summed E-state index contributed by atoms with van der Waals surface area (Å²) in [5.74, 6) is -0.0898. The Bertz CT molecular complexity index is 807. The minimum atomic E-state index is -0.238. The monoisotopic (exact) mass is 393 g/mol. The van der Waals surface area contributed by atoms with Crippen LogP contribution in [0.5, 0.6) is 0 Å². The van der Waals surface area contributed by atoms with Crippen LogP contribution in [0.15, 0.2) is 60.7 Å². The smallest absolute Gasteiger partial charge is 0.317 e. The van der Waals surface area contributed by atoms with Crippen LogP contribution in [0.4, 0.5) is 4.79 Å². The molecule has 1 aliphatic heterocycles. The third-order valence-corrected chi connectivity index (χ3v) is 5.45. The molecule has 0 spiro atoms. The number of amides is 3. The topological polar surface area (TPSA) is 61.4 Å². The number of piperidine rings is 1. The number of carbonyl (C=O) groups is 2. The molecule has 154 valence electrons. The summed E-state index contributed by atoms with van der Waals surface area (Å²) in [5, 5.41) is 6.11. The summed E-state index contributed by atoms with van der Waals surface area (Å²) in [6.07, 6.45) is 0.739. The Labute approximate surface area is 173 Å². The van der Waals surface area contributed by atoms with E-state index >= 15 is 0 Å². The normalized spacial score (nSPS) is 20.2. The van der Waals surface area contributed by atoms with Crippen LogP contribution in [0.3, 0.4) is 0 Å². The molecule has 5 heteroatoms. The van der Waals surface area contributed by atoms with E-state index in [0.717, 1.165) is 12.0 Å². The van der Waals surface area contributed by atoms with E-state index in [9.17, 15) is 9.59 Å². The van der Waals surface area contributed by atoms with Gasteiger partial charge in [-0.15, -0.1) is 0 Å². The molecule has 1 aliphatic rings. The first-order chi connectivity index (χ1) is 13.9. The number of nitrogens with one attached hydrogen (secondary N) is 2. The number of nitrogens with zero attached hydrogens (tertiary/aromatic N) is 1. The highest BCUT2D eigenvalue weighted by Crippen LogP contribution is 2.31. The zero-order valence-electron chi connectivity index (χ0n) is 17.5. The van der Waals surface area contributed by atoms with E-state index in [1.54, 1.807) is 4.90 Å². The van der Waals surface area contributed by atoms with Crippen LogP contribution in [0.1, 0.15) is 50.3 Å². The Morgan fingerprint density at radius 1 is 0.897 bits per heavy atom. The summed E-state index contributed by atoms with van der Waals surface area (Å²) in [7, 11) is 0. The number of urea groups is 1. The van der Waals surface area contributed by atoms with Crippen LogP contribution in [0.25, 0.3) is 0 Å². The summed E-state index contributed by atoms with van der Waals surface area (Å²) in [6, 6.07) is 20.0. The van der Waals surface area contributed by atoms with Crippen molar-refractivity contribution in [1.29, 1.82) is 0 Å². The van der Waals surface area contributed by atoms with Gasteiger partial charge in [-0.2, -0.15) is 0 Å². The molecule has 5 nitrogen and oxygen atoms in total. The Hall–Kier alpha value is -2.82. The largest absolute Gasteiger partial charge is 0.349 e. The predicted molar refractivity (Wildman–Crippen MR) is 116 cm³/mol. The highest BCUT2D eigenvalue weighted by molar-refractivity contribution is 5.81. The first kappa shape index (κ1) is 20.9. The van der Waals surface area contributed by atoms with E-state index in [-0.39, 0.29) is 35.9 Å². The molecule has 29 heavy (non-hydrogen) atoms. The minimum absolute atomic E-state index is 0.00401. The Morgan fingerprint density at radius 3 is 2.14 bits per heavy atom. The Balaban J connectivity index is 1.74. The van der Waals surface area contributed by atoms with Crippen LogP contribution in [-0.4, -0.2) is 36.0 Å². The van der Waals surface area contributed by atoms with Crippen molar-refractivity contribution in [3.05, 3.63) is 71.8 Å². The highest BCUT2D eigenvalue weighted by Gasteiger charge is 2.35. The van der Waals surface area contributed by atoms with Gasteiger partial charge in [0.25, 0.3) is 0 Å². The number of hydrogen-bond donors (Lipinski definition) is 2. The quantitative estimate of drug-likeness (QED) is 0.804. The van der Waals surface area contributed by atoms with Crippen molar-refractivity contribution in [2.75, 3.05) is 13.1 Å². The van der Waals surface area contributed by atoms with Gasteiger partial charge in [0.15, 0.2) is 0 Å². The van der Waals surface area contributed by atoms with Crippen molar-refractivity contribution < 1.29 is 9.59 Å². The van der Waals surface area contributed by atoms with Gasteiger partial charge in [-0.05, 0) is 38.3 Å². The maximum Gasteiger partial charge on any atom is 0.317 e. The third-order valence-electron chi connectivity index (χ3n) is 5.45. The van der Waals surface area contributed by atoms with Gasteiger partial charge in [0.1, 0.15) is 0 Å². The van der Waals surface area contributed by atoms with Crippen molar-refractivity contribution in [3.63, 3.8) is 0 Å². The van der Waals surface area contributed by atoms with Gasteiger partial charge < -0.3 is 15.5 Å². The molecule has 1 heterocycles. The molecule has 0 aromatic heterocycles. The standard InChI is InChI=1S/C24H31N3O2/c1-17(2)25-24(29)27-15-21(20-12-8-5-9-13-20)14-22(16-27)23(28)26-18(3)19-10-6-4-7-11-19/h4-13,17-18,21-22H,14-16H2,1-3H3,(H,25,29)(H,26,28)/t18-,21+,22+/m0/s1. The fraction of sp³-hybridized carbons (Fsp3) is 0.417. The van der Waals surface area contributed by atoms with Crippen LogP contribution < -0.4 is 10.6 Å². The number of hydrogen-bond acceptors (Lipinski definition) is 2. The molecule has 3 atom stereocenters. The number of carbonyl (C=O) groups excluding carboxylic acids is 2. The van der Waals surface area contributed by atoms with E-state index in [4.69, 9.17) is 0 Å². The molecule has 0 radical (unpaired) electrons. The van der Waals surface area contributed by atoms with Gasteiger partial charge in [-0.1, -0.05) is 60.7 Å². The molecule has 0 unspecified atom stereocenters. The summed E-state index contributed by atoms with van der Waals surface area (Å²) in [4.78, 5) is 27.6. The number of likely N-dealkylation sites (tertiary alicyclic amines) is 1. The SMILES string of the molecule is CC(C)NC(=O)N1C[C@H](C(=O)N[C@@H](C)c2ccccc2)C[C@@H](c2ccccc2)C1. The average Bonchev–Trinajstić information content (AvgIpc) is 2.74. The molecule has 2 N–H and O–H groups in total. The Kier molecular flexibility index (Phi) is 6.91. The van der Waals surface area contributed by atoms with Crippen molar-refractivity contribution in [2.45, 2.75) is 45.2 Å². The molecule has 0 saturated carbocycles. The lowest BCUT2D eigenvalue weighted by atomic mass is 9.84. The summed E-state index contributed by atoms with van der Waals surface area (Å²) in [6.45, 7) is 6.95. The van der Waals surface area contributed by atoms with Crippen molar-refractivity contribution in [2.24, 2.45) is 5.92 Å². The third kappa shape index (κ3) is 5.59. The molecule has 2 aromatic carbocycles. The molecule has 1 saturated heterocycles. The van der Waals surface area contributed by atoms with Gasteiger partial charge in [0.2, 0.25) is 5.91 Å². The van der Waals surface area contributed by atoms with E-state index < -0.39 is 0 Å². The zero-order chi connectivity index (χ0) is 20.8. The van der Waals surface area contributed by atoms with Crippen molar-refractivity contribution >= 4 is 11.9 Å². The van der Waals surface area contributed by atoms with Gasteiger partial charge in [0, 0.05) is 25.0 Å². The Morgan fingerprint density at radius 2 is 1.52 bits per heavy atom. The predicted octanol–water partition coefficient (Wildman–Crippen LogP) is 4.09. The molecule has 3 rings (SSSR count). The molecule has 0 bridgehead atoms. The lowest BCUT2D eigenvalue weighted by Crippen LogP contribution is -2.52. The second-order valence-electron chi connectivity index (χ2n) is 8.19. The fourth-order valence-electron chi connectivity index (χ4n) is 3.92. The van der Waals surface area contributed by atoms with E-state index in [2.05, 4.69) is 22.8 Å². The van der Waals surface area contributed by atoms with Crippen LogP contribution in [0.2, 0.25) is 0 Å². The maximum absolute atomic E-state index is 13.1. The van der Waals surface area contributed by atoms with E-state index in [0.29, 0.717) is 13.1 Å². The lowest BCUT2D eigenvalue weighted by molar-refractivity contribution is -0.127. The highest BCUT2D eigenvalue weighted by atomic mass is 16.2. The van der Waals surface area contributed by atoms with E-state index in [1.807, 2.05) is 69.3 Å². The number of benzene rings is 2. The zero-order valence-corrected chi connectivity index (χ0v) is 17.5. The molecule has 1 fully saturated rings. The first-order valence-corrected chi connectivity index (χ1v) is 10.4. The second-order valence-corrected chi connectivity index (χ2v) is 8.19. The summed E-state index contributed by atoms with van der Waals surface area (Å²) < 4.78 is 0. The first-order valence-electron chi connectivity index (χ1n) is 10.4. The van der Waals surface area contributed by atoms with Gasteiger partial charge in [0.05, 0.1) is 12.0 Å². The summed E-state index contributed by atoms with van der Waals surface area (Å²) in [5.41, 5.74) is 2.24. The molecule has 3 amide bonds. The van der Waals surface area contributed by atoms with Crippen LogP contribution in [-0.2, 0) is 4.79 Å². The maximum atomic E-state index is 13.1. The van der Waals surface area contributed by atoms with Crippen LogP contribution in [0, 0.1) is 5.92 Å². The van der Waals surface area contributed by atoms with Crippen LogP contribution >= 0.6 is 0 Å². The number of rotatable bonds is 5. The average molecular weight is 394 g/mol. The molecule has 2 aromatic rings. The van der Waals surface area contributed by atoms with Gasteiger partial charge >= 0.3 is 6.03 Å². The second kappa shape index (κ2) is 9.59. The minimum Gasteiger partial charge on any atom is -0.349 e. The van der Waals surface area contributed by atoms with Crippen molar-refractivity contribution in [3.8, 4) is 0 Å².